The van der Waals surface area contributed by atoms with Crippen LogP contribution in [-0.4, -0.2) is 29.4 Å². The molecule has 0 aromatic heterocycles. The molecule has 0 bridgehead atoms. The molecule has 4 rings (SSSR count). The van der Waals surface area contributed by atoms with Crippen molar-refractivity contribution in [3.8, 4) is 0 Å². The third-order valence-corrected chi connectivity index (χ3v) is 12.1. The topological polar surface area (TPSA) is 67.5 Å². The summed E-state index contributed by atoms with van der Waals surface area (Å²) in [6.07, 6.45) is 12.8. The Kier molecular flexibility index (Phi) is 7.19. The van der Waals surface area contributed by atoms with Crippen LogP contribution in [-0.2, 0) is 4.74 Å². The van der Waals surface area contributed by atoms with E-state index >= 15 is 0 Å². The molecule has 0 aliphatic heterocycles. The van der Waals surface area contributed by atoms with E-state index in [0.29, 0.717) is 34.6 Å². The number of aliphatic hydroxyl groups is 1. The van der Waals surface area contributed by atoms with Crippen LogP contribution in [0.3, 0.4) is 0 Å². The molecular formula is C30H54N2O2. The van der Waals surface area contributed by atoms with E-state index < -0.39 is 0 Å². The van der Waals surface area contributed by atoms with Gasteiger partial charge in [-0.25, -0.2) is 0 Å². The minimum Gasteiger partial charge on any atom is -0.480 e. The first-order valence-electron chi connectivity index (χ1n) is 14.5. The molecule has 4 nitrogen and oxygen atoms in total. The number of rotatable bonds is 8. The summed E-state index contributed by atoms with van der Waals surface area (Å²) in [5.74, 6) is 3.50. The maximum absolute atomic E-state index is 10.6. The number of ether oxygens (including phenoxy) is 1. The van der Waals surface area contributed by atoms with E-state index in [0.717, 1.165) is 50.5 Å². The normalized spacial score (nSPS) is 48.1. The lowest BCUT2D eigenvalue weighted by Crippen LogP contribution is -2.71. The van der Waals surface area contributed by atoms with Gasteiger partial charge in [-0.2, -0.15) is 0 Å². The molecule has 4 aliphatic carbocycles. The fraction of sp³-hybridized carbons (Fsp3) is 0.933. The summed E-state index contributed by atoms with van der Waals surface area (Å²) in [6.45, 7) is 19.2. The highest BCUT2D eigenvalue weighted by molar-refractivity contribution is 5.20. The standard InChI is InChI=1S/C30H54N2O2/c1-8-22-18-26-25(29(7)15-12-24(33)19-30(22,29)31)13-16-27(5)23(11-14-28(26,27)6)10-9-17-34-21(4)32-20(2)3/h20,22-26,32-33H,4,8-19,31H2,1-3,5-7H3/t22-,23?,24+,25?,26?,27?,28?,29+,30+/m0/s1. The van der Waals surface area contributed by atoms with Gasteiger partial charge in [-0.05, 0) is 125 Å². The molecule has 0 saturated heterocycles. The van der Waals surface area contributed by atoms with E-state index in [9.17, 15) is 5.11 Å². The maximum Gasteiger partial charge on any atom is 0.179 e. The molecule has 9 atom stereocenters. The Morgan fingerprint density at radius 3 is 2.38 bits per heavy atom. The highest BCUT2D eigenvalue weighted by Crippen LogP contribution is 2.74. The van der Waals surface area contributed by atoms with Crippen LogP contribution in [0.4, 0.5) is 0 Å². The first kappa shape index (κ1) is 26.3. The van der Waals surface area contributed by atoms with Crippen molar-refractivity contribution in [3.63, 3.8) is 0 Å². The summed E-state index contributed by atoms with van der Waals surface area (Å²) in [6, 6.07) is 0.362. The van der Waals surface area contributed by atoms with Crippen molar-refractivity contribution < 1.29 is 9.84 Å². The van der Waals surface area contributed by atoms with Gasteiger partial charge in [0.1, 0.15) is 0 Å². The fourth-order valence-corrected chi connectivity index (χ4v) is 9.92. The average molecular weight is 475 g/mol. The summed E-state index contributed by atoms with van der Waals surface area (Å²) in [5.41, 5.74) is 8.12. The van der Waals surface area contributed by atoms with Gasteiger partial charge in [-0.15, -0.1) is 0 Å². The van der Waals surface area contributed by atoms with Crippen LogP contribution in [0.15, 0.2) is 12.5 Å². The highest BCUT2D eigenvalue weighted by Gasteiger charge is 2.69. The first-order valence-corrected chi connectivity index (χ1v) is 14.5. The number of hydrogen-bond acceptors (Lipinski definition) is 4. The van der Waals surface area contributed by atoms with Crippen LogP contribution in [0, 0.1) is 39.9 Å². The second-order valence-electron chi connectivity index (χ2n) is 13.7. The van der Waals surface area contributed by atoms with Gasteiger partial charge < -0.3 is 20.9 Å². The fourth-order valence-electron chi connectivity index (χ4n) is 9.92. The molecule has 0 aromatic carbocycles. The van der Waals surface area contributed by atoms with Gasteiger partial charge in [0.2, 0.25) is 0 Å². The molecule has 5 unspecified atom stereocenters. The second kappa shape index (κ2) is 9.29. The molecule has 34 heavy (non-hydrogen) atoms. The van der Waals surface area contributed by atoms with E-state index in [1.165, 1.54) is 38.5 Å². The van der Waals surface area contributed by atoms with E-state index in [4.69, 9.17) is 10.5 Å². The summed E-state index contributed by atoms with van der Waals surface area (Å²) in [4.78, 5) is 0. The third-order valence-electron chi connectivity index (χ3n) is 12.1. The Morgan fingerprint density at radius 1 is 1.03 bits per heavy atom. The van der Waals surface area contributed by atoms with Crippen LogP contribution >= 0.6 is 0 Å². The van der Waals surface area contributed by atoms with Gasteiger partial charge in [-0.1, -0.05) is 34.1 Å². The third kappa shape index (κ3) is 3.94. The maximum atomic E-state index is 10.6. The zero-order chi connectivity index (χ0) is 24.9. The zero-order valence-electron chi connectivity index (χ0n) is 23.1. The lowest BCUT2D eigenvalue weighted by molar-refractivity contribution is -0.191. The molecule has 4 N–H and O–H groups in total. The highest BCUT2D eigenvalue weighted by atomic mass is 16.5. The van der Waals surface area contributed by atoms with Crippen molar-refractivity contribution in [2.75, 3.05) is 6.61 Å². The quantitative estimate of drug-likeness (QED) is 0.282. The predicted molar refractivity (Wildman–Crippen MR) is 141 cm³/mol. The molecule has 4 fully saturated rings. The Bertz CT molecular complexity index is 754. The van der Waals surface area contributed by atoms with Crippen molar-refractivity contribution in [1.29, 1.82) is 0 Å². The summed E-state index contributed by atoms with van der Waals surface area (Å²) >= 11 is 0. The Labute approximate surface area is 209 Å². The smallest absolute Gasteiger partial charge is 0.179 e. The molecule has 0 heterocycles. The van der Waals surface area contributed by atoms with E-state index in [-0.39, 0.29) is 17.1 Å². The lowest BCUT2D eigenvalue weighted by Gasteiger charge is -2.69. The van der Waals surface area contributed by atoms with Gasteiger partial charge in [0.25, 0.3) is 0 Å². The zero-order valence-corrected chi connectivity index (χ0v) is 23.1. The van der Waals surface area contributed by atoms with Gasteiger partial charge in [0.15, 0.2) is 5.88 Å². The van der Waals surface area contributed by atoms with Gasteiger partial charge in [0, 0.05) is 11.6 Å². The lowest BCUT2D eigenvalue weighted by atomic mass is 9.37. The van der Waals surface area contributed by atoms with Crippen LogP contribution < -0.4 is 11.1 Å². The summed E-state index contributed by atoms with van der Waals surface area (Å²) in [7, 11) is 0. The minimum absolute atomic E-state index is 0.163. The SMILES string of the molecule is C=C(NC(C)C)OCCCC1CCC2(C)C3C[C@H](CC)[C@]4(N)C[C@H](O)CC[C@]4(C)C3CCC12C. The molecule has 0 spiro atoms. The van der Waals surface area contributed by atoms with Crippen molar-refractivity contribution in [2.24, 2.45) is 45.7 Å². The molecule has 4 saturated carbocycles. The van der Waals surface area contributed by atoms with Crippen LogP contribution in [0.1, 0.15) is 112 Å². The van der Waals surface area contributed by atoms with Crippen LogP contribution in [0.5, 0.6) is 0 Å². The van der Waals surface area contributed by atoms with Gasteiger partial charge >= 0.3 is 0 Å². The number of nitrogens with two attached hydrogens (primary N) is 1. The van der Waals surface area contributed by atoms with Gasteiger partial charge in [0.05, 0.1) is 12.7 Å². The molecule has 0 aromatic rings. The Morgan fingerprint density at radius 2 is 1.71 bits per heavy atom. The van der Waals surface area contributed by atoms with Crippen molar-refractivity contribution in [1.82, 2.24) is 5.32 Å². The first-order chi connectivity index (χ1) is 15.9. The second-order valence-corrected chi connectivity index (χ2v) is 13.7. The van der Waals surface area contributed by atoms with Crippen molar-refractivity contribution in [3.05, 3.63) is 12.5 Å². The van der Waals surface area contributed by atoms with E-state index in [2.05, 4.69) is 53.4 Å². The van der Waals surface area contributed by atoms with E-state index in [1.807, 2.05) is 0 Å². The predicted octanol–water partition coefficient (Wildman–Crippen LogP) is 6.38. The van der Waals surface area contributed by atoms with Crippen LogP contribution in [0.2, 0.25) is 0 Å². The van der Waals surface area contributed by atoms with Crippen LogP contribution in [0.25, 0.3) is 0 Å². The Hall–Kier alpha value is -0.740. The largest absolute Gasteiger partial charge is 0.480 e. The molecule has 0 amide bonds. The molecule has 4 heteroatoms. The molecule has 4 aliphatic rings. The average Bonchev–Trinajstić information content (AvgIpc) is 3.02. The summed E-state index contributed by atoms with van der Waals surface area (Å²) in [5, 5.41) is 13.9. The van der Waals surface area contributed by atoms with Crippen molar-refractivity contribution >= 4 is 0 Å². The summed E-state index contributed by atoms with van der Waals surface area (Å²) < 4.78 is 5.87. The number of hydrogen-bond donors (Lipinski definition) is 3. The van der Waals surface area contributed by atoms with E-state index in [1.54, 1.807) is 0 Å². The Balaban J connectivity index is 1.49. The van der Waals surface area contributed by atoms with Gasteiger partial charge in [-0.3, -0.25) is 0 Å². The molecular weight excluding hydrogens is 420 g/mol. The molecule has 0 radical (unpaired) electrons. The molecule has 196 valence electrons. The monoisotopic (exact) mass is 474 g/mol. The van der Waals surface area contributed by atoms with Crippen molar-refractivity contribution in [2.45, 2.75) is 130 Å². The minimum atomic E-state index is -0.210. The number of nitrogens with one attached hydrogen (secondary N) is 1. The number of aliphatic hydroxyl groups excluding tert-OH is 1. The number of fused-ring (bicyclic) bond motifs is 5.